The highest BCUT2D eigenvalue weighted by molar-refractivity contribution is 9.09. The van der Waals surface area contributed by atoms with Crippen LogP contribution in [0.4, 0.5) is 0 Å². The second-order valence-corrected chi connectivity index (χ2v) is 24.0. The van der Waals surface area contributed by atoms with Gasteiger partial charge in [0.15, 0.2) is 10.3 Å². The maximum atomic E-state index is 6.41. The lowest BCUT2D eigenvalue weighted by Crippen LogP contribution is -3.00. The molecule has 0 saturated carbocycles. The number of aromatic amines is 1. The van der Waals surface area contributed by atoms with Crippen molar-refractivity contribution in [2.45, 2.75) is 143 Å². The summed E-state index contributed by atoms with van der Waals surface area (Å²) in [6.45, 7) is 13.0. The number of nitrogens with one attached hydrogen (secondary N) is 1. The van der Waals surface area contributed by atoms with Gasteiger partial charge in [-0.2, -0.15) is 0 Å². The summed E-state index contributed by atoms with van der Waals surface area (Å²) in [6, 6.07) is 44.7. The molecule has 6 aromatic carbocycles. The molecule has 0 unspecified atom stereocenters. The summed E-state index contributed by atoms with van der Waals surface area (Å²) in [5.74, 6) is 0. The third-order valence-corrected chi connectivity index (χ3v) is 17.7. The Morgan fingerprint density at radius 1 is 0.424 bits per heavy atom. The van der Waals surface area contributed by atoms with Crippen LogP contribution in [-0.4, -0.2) is 34.0 Å². The SMILES string of the molecule is BrCc1ccc2ccccc2c1.CCCCCBr.CCCCCn1c[n+](Cc2ccc3ccccc3c2)c(Cl)c1Cl.CCCCCn1c[n+](Cc2ccc3ccccc3c2)c(Cl)c1Cl.CCCCCn1cnc(Cl)c1Cl.Clc1nc[nH]c1Cl.[Br-].[Br-]. The highest BCUT2D eigenvalue weighted by atomic mass is 79.9. The number of hydrogen-bond acceptors (Lipinski definition) is 2. The molecule has 0 aliphatic carbocycles. The number of fused-ring (bicyclic) bond motifs is 3. The quantitative estimate of drug-likeness (QED) is 0.0469. The van der Waals surface area contributed by atoms with Crippen LogP contribution in [0.5, 0.6) is 0 Å². The lowest BCUT2D eigenvalue weighted by atomic mass is 10.1. The average Bonchev–Trinajstić information content (AvgIpc) is 4.09. The standard InChI is InChI=1S/2C19H21Cl2N2.C11H9Br.C8H12Cl2N2.C5H11Br.C3H2Cl2N2.2BrH/c2*1-2-3-6-11-22-14-23(19(21)18(22)20)13-15-9-10-16-7-4-5-8-17(16)12-15;12-8-9-5-6-10-3-1-2-4-11(10)7-9;1-2-3-4-5-12-6-11-7(9)8(12)10;1-2-3-4-5-6;4-2-3(5)7-1-6-2;;/h2*4-5,7-10,12,14H,2-3,6,11,13H2,1H3;1-7H,8H2;6H,2-5H2,1H3;2-5H2,1H3;1H,(H,6,7);2*1H/q2*+1;;;;;;/p-2. The van der Waals surface area contributed by atoms with Gasteiger partial charge >= 0.3 is 0 Å². The molecule has 4 aromatic heterocycles. The first kappa shape index (κ1) is 76.4. The number of alkyl halides is 2. The van der Waals surface area contributed by atoms with Crippen LogP contribution in [-0.2, 0) is 38.1 Å². The number of unbranched alkanes of at least 4 members (excludes halogenated alkanes) is 8. The first-order chi connectivity index (χ1) is 40.2. The Labute approximate surface area is 581 Å². The molecule has 0 fully saturated rings. The van der Waals surface area contributed by atoms with Crippen LogP contribution in [0.2, 0.25) is 41.2 Å². The van der Waals surface area contributed by atoms with E-state index < -0.39 is 0 Å². The Balaban J connectivity index is 0.000000283. The van der Waals surface area contributed by atoms with Gasteiger partial charge in [0.05, 0.1) is 25.7 Å². The summed E-state index contributed by atoms with van der Waals surface area (Å²) < 4.78 is 9.99. The van der Waals surface area contributed by atoms with Gasteiger partial charge in [0.1, 0.15) is 23.4 Å². The molecule has 0 aliphatic heterocycles. The van der Waals surface area contributed by atoms with Gasteiger partial charge in [0.2, 0.25) is 12.7 Å². The summed E-state index contributed by atoms with van der Waals surface area (Å²) in [4.78, 5) is 10.1. The van der Waals surface area contributed by atoms with Crippen LogP contribution in [0, 0.1) is 0 Å². The van der Waals surface area contributed by atoms with Crippen molar-refractivity contribution < 1.29 is 43.1 Å². The first-order valence-electron chi connectivity index (χ1n) is 28.4. The maximum Gasteiger partial charge on any atom is 0.255 e. The minimum Gasteiger partial charge on any atom is -1.00 e. The van der Waals surface area contributed by atoms with Gasteiger partial charge in [-0.05, 0) is 146 Å². The topological polar surface area (TPSA) is 64.1 Å². The van der Waals surface area contributed by atoms with E-state index in [1.165, 1.54) is 118 Å². The number of halogens is 12. The zero-order valence-corrected chi connectivity index (χ0v) is 60.9. The molecule has 460 valence electrons. The van der Waals surface area contributed by atoms with Crippen molar-refractivity contribution in [3.63, 3.8) is 0 Å². The van der Waals surface area contributed by atoms with E-state index in [-0.39, 0.29) is 34.0 Å². The summed E-state index contributed by atoms with van der Waals surface area (Å²) >= 11 is 54.6. The van der Waals surface area contributed by atoms with E-state index in [2.05, 4.69) is 202 Å². The minimum atomic E-state index is 0. The summed E-state index contributed by atoms with van der Waals surface area (Å²) in [5.41, 5.74) is 3.77. The van der Waals surface area contributed by atoms with E-state index in [1.54, 1.807) is 6.33 Å². The van der Waals surface area contributed by atoms with Crippen LogP contribution in [0.1, 0.15) is 121 Å². The van der Waals surface area contributed by atoms with Crippen LogP contribution in [0.25, 0.3) is 32.3 Å². The van der Waals surface area contributed by atoms with Crippen LogP contribution in [0.3, 0.4) is 0 Å². The summed E-state index contributed by atoms with van der Waals surface area (Å²) in [7, 11) is 0. The molecule has 0 saturated heterocycles. The lowest BCUT2D eigenvalue weighted by Gasteiger charge is -2.02. The molecule has 0 radical (unpaired) electrons. The third kappa shape index (κ3) is 25.9. The molecule has 1 N–H and O–H groups in total. The lowest BCUT2D eigenvalue weighted by molar-refractivity contribution is -0.685. The molecule has 10 rings (SSSR count). The van der Waals surface area contributed by atoms with Gasteiger partial charge in [-0.3, -0.25) is 0 Å². The number of imidazole rings is 4. The third-order valence-electron chi connectivity index (χ3n) is 13.2. The molecular weight excluding hydrogens is 1500 g/mol. The van der Waals surface area contributed by atoms with E-state index >= 15 is 0 Å². The predicted molar refractivity (Wildman–Crippen MR) is 365 cm³/mol. The largest absolute Gasteiger partial charge is 1.00 e. The van der Waals surface area contributed by atoms with E-state index in [9.17, 15) is 0 Å². The first-order valence-corrected chi connectivity index (χ1v) is 33.6. The van der Waals surface area contributed by atoms with Gasteiger partial charge in [-0.25, -0.2) is 28.2 Å². The van der Waals surface area contributed by atoms with Crippen molar-refractivity contribution >= 4 is 157 Å². The molecule has 0 amide bonds. The fourth-order valence-corrected chi connectivity index (χ4v) is 10.8. The highest BCUT2D eigenvalue weighted by Gasteiger charge is 2.21. The normalized spacial score (nSPS) is 10.5. The van der Waals surface area contributed by atoms with Gasteiger partial charge in [-0.15, -0.1) is 0 Å². The van der Waals surface area contributed by atoms with Gasteiger partial charge < -0.3 is 43.5 Å². The van der Waals surface area contributed by atoms with Crippen molar-refractivity contribution in [3.05, 3.63) is 211 Å². The van der Waals surface area contributed by atoms with Crippen molar-refractivity contribution in [1.29, 1.82) is 0 Å². The van der Waals surface area contributed by atoms with Gasteiger partial charge in [-0.1, -0.05) is 260 Å². The number of nitrogens with zero attached hydrogens (tertiary/aromatic N) is 7. The number of aryl methyl sites for hydroxylation is 3. The zero-order valence-electron chi connectivity index (χ0n) is 48.5. The van der Waals surface area contributed by atoms with E-state index in [0.29, 0.717) is 41.2 Å². The second-order valence-electron chi connectivity index (χ2n) is 19.8. The minimum absolute atomic E-state index is 0. The van der Waals surface area contributed by atoms with Gasteiger partial charge in [0, 0.05) is 17.2 Å². The highest BCUT2D eigenvalue weighted by Crippen LogP contribution is 2.24. The fourth-order valence-electron chi connectivity index (χ4n) is 8.64. The Morgan fingerprint density at radius 3 is 1.12 bits per heavy atom. The monoisotopic (exact) mass is 1560 g/mol. The van der Waals surface area contributed by atoms with E-state index in [0.717, 1.165) is 57.3 Å². The van der Waals surface area contributed by atoms with E-state index in [1.807, 2.05) is 35.5 Å². The van der Waals surface area contributed by atoms with Crippen molar-refractivity contribution in [2.75, 3.05) is 5.33 Å². The molecule has 8 nitrogen and oxygen atoms in total. The Bertz CT molecular complexity index is 3320. The Kier molecular flexibility index (Phi) is 38.7. The molecule has 0 spiro atoms. The summed E-state index contributed by atoms with van der Waals surface area (Å²) in [6.07, 6.45) is 21.8. The Morgan fingerprint density at radius 2 is 0.800 bits per heavy atom. The predicted octanol–water partition coefficient (Wildman–Crippen LogP) is 16.4. The van der Waals surface area contributed by atoms with Crippen molar-refractivity contribution in [3.8, 4) is 0 Å². The molecule has 20 heteroatoms. The molecule has 10 aromatic rings. The fraction of sp³-hybridized carbons (Fsp3) is 0.354. The van der Waals surface area contributed by atoms with Gasteiger partial charge in [0.25, 0.3) is 20.6 Å². The number of hydrogen-bond donors (Lipinski definition) is 1. The number of H-pyrrole nitrogens is 1. The van der Waals surface area contributed by atoms with Crippen molar-refractivity contribution in [1.82, 2.24) is 28.7 Å². The molecule has 0 aliphatic rings. The molecular formula is C65H76Br4Cl8N8. The second kappa shape index (κ2) is 43.0. The Hall–Kier alpha value is -2.82. The number of benzene rings is 6. The molecule has 4 heterocycles. The van der Waals surface area contributed by atoms with Crippen LogP contribution < -0.4 is 43.1 Å². The van der Waals surface area contributed by atoms with Crippen LogP contribution >= 0.6 is 125 Å². The molecule has 85 heavy (non-hydrogen) atoms. The average molecular weight is 1570 g/mol. The van der Waals surface area contributed by atoms with Crippen LogP contribution in [0.15, 0.2) is 153 Å². The number of aromatic nitrogens is 8. The van der Waals surface area contributed by atoms with Crippen molar-refractivity contribution in [2.24, 2.45) is 0 Å². The smallest absolute Gasteiger partial charge is 0.255 e. The molecule has 0 bridgehead atoms. The zero-order chi connectivity index (χ0) is 59.9. The molecule has 0 atom stereocenters. The van der Waals surface area contributed by atoms with E-state index in [4.69, 9.17) is 92.8 Å². The maximum absolute atomic E-state index is 6.41. The number of rotatable bonds is 20. The summed E-state index contributed by atoms with van der Waals surface area (Å²) in [5, 5.41) is 13.8.